The summed E-state index contributed by atoms with van der Waals surface area (Å²) in [4.78, 5) is 25.2. The smallest absolute Gasteiger partial charge is 0.227 e. The molecule has 1 amide bonds. The van der Waals surface area contributed by atoms with Crippen LogP contribution in [0.25, 0.3) is 0 Å². The number of anilines is 2. The van der Waals surface area contributed by atoms with Crippen molar-refractivity contribution in [2.45, 2.75) is 32.6 Å². The number of aromatic nitrogens is 2. The number of nitrogens with one attached hydrogen (secondary N) is 1. The Hall–Kier alpha value is -1.85. The van der Waals surface area contributed by atoms with Gasteiger partial charge in [-0.2, -0.15) is 4.98 Å². The third kappa shape index (κ3) is 3.67. The number of rotatable bonds is 4. The lowest BCUT2D eigenvalue weighted by atomic mass is 9.96. The number of piperidine rings is 1. The molecule has 0 spiro atoms. The van der Waals surface area contributed by atoms with Gasteiger partial charge in [0.15, 0.2) is 0 Å². The van der Waals surface area contributed by atoms with Crippen molar-refractivity contribution in [3.8, 4) is 0 Å². The Morgan fingerprint density at radius 2 is 1.95 bits per heavy atom. The van der Waals surface area contributed by atoms with Gasteiger partial charge < -0.3 is 15.1 Å². The molecule has 1 aliphatic rings. The number of hydrogen-bond donors (Lipinski definition) is 1. The maximum absolute atomic E-state index is 11.7. The zero-order valence-electron chi connectivity index (χ0n) is 14.3. The van der Waals surface area contributed by atoms with E-state index < -0.39 is 0 Å². The van der Waals surface area contributed by atoms with Gasteiger partial charge in [-0.15, -0.1) is 0 Å². The zero-order valence-corrected chi connectivity index (χ0v) is 14.3. The van der Waals surface area contributed by atoms with Gasteiger partial charge >= 0.3 is 0 Å². The SMILES string of the molecule is CNC(=O)C1CCN(c2cc(C(C)C)nc(N(C)C)n2)CC1. The number of amides is 1. The molecule has 1 fully saturated rings. The van der Waals surface area contributed by atoms with Gasteiger partial charge in [-0.25, -0.2) is 4.98 Å². The predicted octanol–water partition coefficient (Wildman–Crippen LogP) is 1.63. The molecule has 22 heavy (non-hydrogen) atoms. The first-order chi connectivity index (χ1) is 10.4. The van der Waals surface area contributed by atoms with Crippen molar-refractivity contribution in [2.24, 2.45) is 5.92 Å². The fraction of sp³-hybridized carbons (Fsp3) is 0.688. The van der Waals surface area contributed by atoms with E-state index in [1.54, 1.807) is 7.05 Å². The Kier molecular flexibility index (Phi) is 5.21. The highest BCUT2D eigenvalue weighted by molar-refractivity contribution is 5.78. The highest BCUT2D eigenvalue weighted by Gasteiger charge is 2.25. The van der Waals surface area contributed by atoms with Gasteiger partial charge in [-0.3, -0.25) is 4.79 Å². The molecule has 1 N–H and O–H groups in total. The lowest BCUT2D eigenvalue weighted by Gasteiger charge is -2.32. The zero-order chi connectivity index (χ0) is 16.3. The van der Waals surface area contributed by atoms with E-state index in [0.717, 1.165) is 43.4 Å². The highest BCUT2D eigenvalue weighted by atomic mass is 16.1. The predicted molar refractivity (Wildman–Crippen MR) is 89.5 cm³/mol. The molecular formula is C16H27N5O. The molecule has 1 aliphatic heterocycles. The lowest BCUT2D eigenvalue weighted by Crippen LogP contribution is -2.40. The average molecular weight is 305 g/mol. The van der Waals surface area contributed by atoms with Gasteiger partial charge in [0.25, 0.3) is 0 Å². The second kappa shape index (κ2) is 6.94. The Bertz CT molecular complexity index is 495. The quantitative estimate of drug-likeness (QED) is 0.916. The van der Waals surface area contributed by atoms with E-state index in [0.29, 0.717) is 5.92 Å². The first kappa shape index (κ1) is 16.5. The van der Waals surface area contributed by atoms with E-state index in [1.807, 2.05) is 19.0 Å². The summed E-state index contributed by atoms with van der Waals surface area (Å²) in [6.45, 7) is 6.01. The van der Waals surface area contributed by atoms with E-state index in [4.69, 9.17) is 0 Å². The summed E-state index contributed by atoms with van der Waals surface area (Å²) in [7, 11) is 5.62. The Morgan fingerprint density at radius 1 is 1.32 bits per heavy atom. The topological polar surface area (TPSA) is 61.4 Å². The minimum atomic E-state index is 0.126. The van der Waals surface area contributed by atoms with E-state index in [9.17, 15) is 4.79 Å². The lowest BCUT2D eigenvalue weighted by molar-refractivity contribution is -0.125. The first-order valence-corrected chi connectivity index (χ1v) is 7.95. The maximum Gasteiger partial charge on any atom is 0.227 e. The largest absolute Gasteiger partial charge is 0.359 e. The Balaban J connectivity index is 2.17. The van der Waals surface area contributed by atoms with Crippen molar-refractivity contribution in [1.82, 2.24) is 15.3 Å². The van der Waals surface area contributed by atoms with Crippen LogP contribution in [0.15, 0.2) is 6.07 Å². The van der Waals surface area contributed by atoms with Crippen molar-refractivity contribution in [3.05, 3.63) is 11.8 Å². The van der Waals surface area contributed by atoms with Crippen molar-refractivity contribution in [2.75, 3.05) is 44.0 Å². The van der Waals surface area contributed by atoms with Crippen LogP contribution < -0.4 is 15.1 Å². The second-order valence-electron chi connectivity index (χ2n) is 6.38. The number of nitrogens with zero attached hydrogens (tertiary/aromatic N) is 4. The van der Waals surface area contributed by atoms with Crippen LogP contribution in [0.3, 0.4) is 0 Å². The van der Waals surface area contributed by atoms with Crippen molar-refractivity contribution in [3.63, 3.8) is 0 Å². The summed E-state index contributed by atoms with van der Waals surface area (Å²) in [6.07, 6.45) is 1.75. The van der Waals surface area contributed by atoms with Crippen LogP contribution in [0, 0.1) is 5.92 Å². The summed E-state index contributed by atoms with van der Waals surface area (Å²) >= 11 is 0. The highest BCUT2D eigenvalue weighted by Crippen LogP contribution is 2.26. The summed E-state index contributed by atoms with van der Waals surface area (Å²) in [5, 5.41) is 2.75. The Morgan fingerprint density at radius 3 is 2.45 bits per heavy atom. The summed E-state index contributed by atoms with van der Waals surface area (Å²) in [5.74, 6) is 2.36. The number of carbonyl (C=O) groups is 1. The van der Waals surface area contributed by atoms with Crippen molar-refractivity contribution < 1.29 is 4.79 Å². The van der Waals surface area contributed by atoms with Gasteiger partial charge in [0, 0.05) is 46.2 Å². The van der Waals surface area contributed by atoms with E-state index in [2.05, 4.69) is 40.1 Å². The van der Waals surface area contributed by atoms with Crippen molar-refractivity contribution in [1.29, 1.82) is 0 Å². The number of carbonyl (C=O) groups excluding carboxylic acids is 1. The maximum atomic E-state index is 11.7. The first-order valence-electron chi connectivity index (χ1n) is 7.95. The molecule has 2 heterocycles. The molecule has 122 valence electrons. The molecule has 0 aliphatic carbocycles. The van der Waals surface area contributed by atoms with Gasteiger partial charge in [0.2, 0.25) is 11.9 Å². The van der Waals surface area contributed by atoms with Gasteiger partial charge in [-0.05, 0) is 18.8 Å². The molecule has 0 unspecified atom stereocenters. The normalized spacial score (nSPS) is 16.0. The molecule has 6 heteroatoms. The van der Waals surface area contributed by atoms with Crippen LogP contribution >= 0.6 is 0 Å². The van der Waals surface area contributed by atoms with Crippen LogP contribution in [0.4, 0.5) is 11.8 Å². The van der Waals surface area contributed by atoms with Gasteiger partial charge in [0.05, 0.1) is 5.69 Å². The van der Waals surface area contributed by atoms with Crippen LogP contribution in [-0.2, 0) is 4.79 Å². The van der Waals surface area contributed by atoms with Crippen LogP contribution in [0.5, 0.6) is 0 Å². The van der Waals surface area contributed by atoms with E-state index >= 15 is 0 Å². The monoisotopic (exact) mass is 305 g/mol. The van der Waals surface area contributed by atoms with Crippen LogP contribution in [0.1, 0.15) is 38.3 Å². The van der Waals surface area contributed by atoms with Crippen LogP contribution in [0.2, 0.25) is 0 Å². The fourth-order valence-corrected chi connectivity index (χ4v) is 2.67. The summed E-state index contributed by atoms with van der Waals surface area (Å²) in [6, 6.07) is 2.08. The molecule has 1 saturated heterocycles. The molecule has 6 nitrogen and oxygen atoms in total. The molecule has 0 atom stereocenters. The second-order valence-corrected chi connectivity index (χ2v) is 6.38. The van der Waals surface area contributed by atoms with Gasteiger partial charge in [-0.1, -0.05) is 13.8 Å². The molecule has 0 radical (unpaired) electrons. The third-order valence-electron chi connectivity index (χ3n) is 4.15. The Labute approximate surface area is 132 Å². The van der Waals surface area contributed by atoms with Crippen molar-refractivity contribution >= 4 is 17.7 Å². The average Bonchev–Trinajstić information content (AvgIpc) is 2.53. The fourth-order valence-electron chi connectivity index (χ4n) is 2.67. The van der Waals surface area contributed by atoms with E-state index in [-0.39, 0.29) is 11.8 Å². The molecule has 1 aromatic heterocycles. The van der Waals surface area contributed by atoms with Gasteiger partial charge in [0.1, 0.15) is 5.82 Å². The molecule has 0 aromatic carbocycles. The summed E-state index contributed by atoms with van der Waals surface area (Å²) in [5.41, 5.74) is 1.06. The molecule has 2 rings (SSSR count). The molecular weight excluding hydrogens is 278 g/mol. The third-order valence-corrected chi connectivity index (χ3v) is 4.15. The van der Waals surface area contributed by atoms with E-state index in [1.165, 1.54) is 0 Å². The standard InChI is InChI=1S/C16H27N5O/c1-11(2)13-10-14(19-16(18-13)20(4)5)21-8-6-12(7-9-21)15(22)17-3/h10-12H,6-9H2,1-5H3,(H,17,22). The minimum absolute atomic E-state index is 0.126. The summed E-state index contributed by atoms with van der Waals surface area (Å²) < 4.78 is 0. The minimum Gasteiger partial charge on any atom is -0.359 e. The molecule has 1 aromatic rings. The number of hydrogen-bond acceptors (Lipinski definition) is 5. The molecule has 0 saturated carbocycles. The van der Waals surface area contributed by atoms with Crippen LogP contribution in [-0.4, -0.2) is 50.1 Å². The molecule has 0 bridgehead atoms.